The van der Waals surface area contributed by atoms with Gasteiger partial charge in [-0.1, -0.05) is 31.2 Å². The number of benzene rings is 2. The molecule has 0 heterocycles. The van der Waals surface area contributed by atoms with Crippen LogP contribution in [0.5, 0.6) is 17.2 Å². The van der Waals surface area contributed by atoms with Crippen LogP contribution >= 0.6 is 0 Å². The molecule has 0 bridgehead atoms. The predicted octanol–water partition coefficient (Wildman–Crippen LogP) is 4.30. The quantitative estimate of drug-likeness (QED) is 0.770. The molecule has 0 radical (unpaired) electrons. The molecule has 0 saturated carbocycles. The molecule has 0 saturated heterocycles. The monoisotopic (exact) mass is 285 g/mol. The number of nitrogens with one attached hydrogen (secondary N) is 1. The third-order valence-electron chi connectivity index (χ3n) is 3.25. The summed E-state index contributed by atoms with van der Waals surface area (Å²) in [4.78, 5) is 0. The number of methoxy groups -OCH3 is 1. The molecule has 0 unspecified atom stereocenters. The second kappa shape index (κ2) is 7.70. The van der Waals surface area contributed by atoms with Gasteiger partial charge in [0.2, 0.25) is 0 Å². The number of rotatable bonds is 7. The molecule has 2 aromatic carbocycles. The Morgan fingerprint density at radius 2 is 1.81 bits per heavy atom. The van der Waals surface area contributed by atoms with Gasteiger partial charge in [0.05, 0.1) is 7.11 Å². The van der Waals surface area contributed by atoms with Crippen molar-refractivity contribution in [3.05, 3.63) is 53.6 Å². The average molecular weight is 285 g/mol. The van der Waals surface area contributed by atoms with E-state index in [1.54, 1.807) is 7.11 Å². The summed E-state index contributed by atoms with van der Waals surface area (Å²) in [5.74, 6) is 2.36. The van der Waals surface area contributed by atoms with Crippen LogP contribution in [0.15, 0.2) is 42.5 Å². The van der Waals surface area contributed by atoms with Gasteiger partial charge in [-0.05, 0) is 43.7 Å². The Morgan fingerprint density at radius 1 is 1.00 bits per heavy atom. The zero-order valence-corrected chi connectivity index (χ0v) is 13.0. The summed E-state index contributed by atoms with van der Waals surface area (Å²) in [5, 5.41) is 3.40. The van der Waals surface area contributed by atoms with E-state index >= 15 is 0 Å². The van der Waals surface area contributed by atoms with Crippen molar-refractivity contribution in [3.8, 4) is 17.2 Å². The van der Waals surface area contributed by atoms with E-state index in [1.807, 2.05) is 43.3 Å². The molecule has 1 N–H and O–H groups in total. The van der Waals surface area contributed by atoms with E-state index in [9.17, 15) is 0 Å². The second-order valence-corrected chi connectivity index (χ2v) is 5.04. The van der Waals surface area contributed by atoms with Crippen molar-refractivity contribution in [2.45, 2.75) is 26.8 Å². The van der Waals surface area contributed by atoms with Gasteiger partial charge in [-0.3, -0.25) is 0 Å². The van der Waals surface area contributed by atoms with Crippen LogP contribution in [0, 0.1) is 6.92 Å². The Labute approximate surface area is 126 Å². The fourth-order valence-corrected chi connectivity index (χ4v) is 2.13. The summed E-state index contributed by atoms with van der Waals surface area (Å²) in [6.07, 6.45) is 1.12. The van der Waals surface area contributed by atoms with Gasteiger partial charge >= 0.3 is 0 Å². The zero-order chi connectivity index (χ0) is 15.1. The molecule has 3 heteroatoms. The molecular formula is C18H23NO2. The minimum absolute atomic E-state index is 0.742. The van der Waals surface area contributed by atoms with Crippen molar-refractivity contribution in [3.63, 3.8) is 0 Å². The lowest BCUT2D eigenvalue weighted by atomic mass is 10.2. The van der Waals surface area contributed by atoms with Gasteiger partial charge in [0.25, 0.3) is 0 Å². The van der Waals surface area contributed by atoms with Crippen LogP contribution in [-0.4, -0.2) is 13.7 Å². The number of hydrogen-bond donors (Lipinski definition) is 1. The molecule has 0 spiro atoms. The molecule has 0 aliphatic heterocycles. The first-order chi connectivity index (χ1) is 10.2. The number of aryl methyl sites for hydroxylation is 1. The molecule has 21 heavy (non-hydrogen) atoms. The molecule has 2 rings (SSSR count). The summed E-state index contributed by atoms with van der Waals surface area (Å²) in [5.41, 5.74) is 2.30. The van der Waals surface area contributed by atoms with Crippen LogP contribution in [0.1, 0.15) is 24.5 Å². The van der Waals surface area contributed by atoms with E-state index in [4.69, 9.17) is 9.47 Å². The van der Waals surface area contributed by atoms with E-state index < -0.39 is 0 Å². The molecule has 2 aromatic rings. The van der Waals surface area contributed by atoms with Gasteiger partial charge in [0, 0.05) is 12.1 Å². The maximum Gasteiger partial charge on any atom is 0.169 e. The first kappa shape index (κ1) is 15.4. The van der Waals surface area contributed by atoms with Crippen molar-refractivity contribution < 1.29 is 9.47 Å². The molecular weight excluding hydrogens is 262 g/mol. The lowest BCUT2D eigenvalue weighted by molar-refractivity contribution is 0.377. The first-order valence-corrected chi connectivity index (χ1v) is 7.35. The van der Waals surface area contributed by atoms with Crippen molar-refractivity contribution in [2.24, 2.45) is 0 Å². The summed E-state index contributed by atoms with van der Waals surface area (Å²) < 4.78 is 11.4. The van der Waals surface area contributed by atoms with Gasteiger partial charge in [-0.2, -0.15) is 0 Å². The van der Waals surface area contributed by atoms with Crippen molar-refractivity contribution in [1.82, 2.24) is 5.32 Å². The first-order valence-electron chi connectivity index (χ1n) is 7.35. The molecule has 0 aliphatic rings. The number of para-hydroxylation sites is 1. The molecule has 0 fully saturated rings. The average Bonchev–Trinajstić information content (AvgIpc) is 2.51. The molecule has 0 amide bonds. The highest BCUT2D eigenvalue weighted by atomic mass is 16.5. The van der Waals surface area contributed by atoms with Crippen LogP contribution in [0.4, 0.5) is 0 Å². The van der Waals surface area contributed by atoms with Crippen LogP contribution < -0.4 is 14.8 Å². The molecule has 0 aliphatic carbocycles. The Kier molecular flexibility index (Phi) is 5.64. The van der Waals surface area contributed by atoms with E-state index in [0.29, 0.717) is 0 Å². The lowest BCUT2D eigenvalue weighted by Gasteiger charge is -2.14. The second-order valence-electron chi connectivity index (χ2n) is 5.04. The Morgan fingerprint density at radius 3 is 2.57 bits per heavy atom. The fourth-order valence-electron chi connectivity index (χ4n) is 2.13. The van der Waals surface area contributed by atoms with E-state index in [-0.39, 0.29) is 0 Å². The highest BCUT2D eigenvalue weighted by Crippen LogP contribution is 2.33. The van der Waals surface area contributed by atoms with E-state index in [0.717, 1.165) is 47.9 Å². The van der Waals surface area contributed by atoms with Gasteiger partial charge in [0.1, 0.15) is 5.75 Å². The van der Waals surface area contributed by atoms with Gasteiger partial charge < -0.3 is 14.8 Å². The highest BCUT2D eigenvalue weighted by molar-refractivity contribution is 5.46. The van der Waals surface area contributed by atoms with E-state index in [2.05, 4.69) is 18.3 Å². The standard InChI is InChI=1S/C18H23NO2/c1-4-11-19-13-15-7-5-6-8-16(15)21-17-10-9-14(2)12-18(17)20-3/h5-10,12,19H,4,11,13H2,1-3H3. The van der Waals surface area contributed by atoms with Crippen molar-refractivity contribution in [2.75, 3.05) is 13.7 Å². The highest BCUT2D eigenvalue weighted by Gasteiger charge is 2.08. The fraction of sp³-hybridized carbons (Fsp3) is 0.333. The summed E-state index contributed by atoms with van der Waals surface area (Å²) in [6.45, 7) is 6.00. The largest absolute Gasteiger partial charge is 0.493 e. The van der Waals surface area contributed by atoms with Gasteiger partial charge in [-0.25, -0.2) is 0 Å². The van der Waals surface area contributed by atoms with Crippen LogP contribution in [0.2, 0.25) is 0 Å². The molecule has 0 atom stereocenters. The summed E-state index contributed by atoms with van der Waals surface area (Å²) >= 11 is 0. The number of ether oxygens (including phenoxy) is 2. The van der Waals surface area contributed by atoms with E-state index in [1.165, 1.54) is 0 Å². The van der Waals surface area contributed by atoms with Crippen LogP contribution in [0.3, 0.4) is 0 Å². The predicted molar refractivity (Wildman–Crippen MR) is 86.2 cm³/mol. The Hall–Kier alpha value is -2.00. The zero-order valence-electron chi connectivity index (χ0n) is 13.0. The normalized spacial score (nSPS) is 10.4. The molecule has 0 aromatic heterocycles. The smallest absolute Gasteiger partial charge is 0.169 e. The molecule has 112 valence electrons. The topological polar surface area (TPSA) is 30.5 Å². The maximum absolute atomic E-state index is 6.05. The SMILES string of the molecule is CCCNCc1ccccc1Oc1ccc(C)cc1OC. The van der Waals surface area contributed by atoms with Gasteiger partial charge in [0.15, 0.2) is 11.5 Å². The minimum atomic E-state index is 0.742. The summed E-state index contributed by atoms with van der Waals surface area (Å²) in [6, 6.07) is 14.0. The Balaban J connectivity index is 2.19. The van der Waals surface area contributed by atoms with Crippen molar-refractivity contribution >= 4 is 0 Å². The van der Waals surface area contributed by atoms with Gasteiger partial charge in [-0.15, -0.1) is 0 Å². The van der Waals surface area contributed by atoms with Crippen LogP contribution in [0.25, 0.3) is 0 Å². The Bertz CT molecular complexity index is 581. The molecule has 3 nitrogen and oxygen atoms in total. The van der Waals surface area contributed by atoms with Crippen LogP contribution in [-0.2, 0) is 6.54 Å². The summed E-state index contributed by atoms with van der Waals surface area (Å²) in [7, 11) is 1.66. The number of hydrogen-bond acceptors (Lipinski definition) is 3. The minimum Gasteiger partial charge on any atom is -0.493 e. The third-order valence-corrected chi connectivity index (χ3v) is 3.25. The van der Waals surface area contributed by atoms with Crippen molar-refractivity contribution in [1.29, 1.82) is 0 Å². The maximum atomic E-state index is 6.05. The third kappa shape index (κ3) is 4.23. The lowest BCUT2D eigenvalue weighted by Crippen LogP contribution is -2.14.